The van der Waals surface area contributed by atoms with Gasteiger partial charge in [-0.15, -0.1) is 0 Å². The number of piperidine rings is 1. The smallest absolute Gasteiger partial charge is 0.310 e. The number of aromatic amines is 1. The van der Waals surface area contributed by atoms with Crippen molar-refractivity contribution < 1.29 is 13.9 Å². The summed E-state index contributed by atoms with van der Waals surface area (Å²) in [4.78, 5) is 21.7. The van der Waals surface area contributed by atoms with Gasteiger partial charge in [0.05, 0.1) is 30.1 Å². The number of likely N-dealkylation sites (tertiary alicyclic amines) is 1. The van der Waals surface area contributed by atoms with Crippen LogP contribution in [0.1, 0.15) is 25.6 Å². The predicted octanol–water partition coefficient (Wildman–Crippen LogP) is 2.48. The highest BCUT2D eigenvalue weighted by Crippen LogP contribution is 2.20. The lowest BCUT2D eigenvalue weighted by molar-refractivity contribution is -0.150. The fraction of sp³-hybridized carbons (Fsp3) is 0.500. The van der Waals surface area contributed by atoms with Crippen LogP contribution in [0.2, 0.25) is 0 Å². The topological polar surface area (TPSA) is 58.2 Å². The molecule has 1 saturated heterocycles. The van der Waals surface area contributed by atoms with E-state index in [0.717, 1.165) is 30.7 Å². The van der Waals surface area contributed by atoms with Crippen LogP contribution in [0.15, 0.2) is 18.2 Å². The van der Waals surface area contributed by atoms with E-state index in [0.29, 0.717) is 25.2 Å². The molecule has 5 nitrogen and oxygen atoms in total. The lowest BCUT2D eigenvalue weighted by atomic mass is 9.98. The molecule has 0 aliphatic carbocycles. The van der Waals surface area contributed by atoms with Gasteiger partial charge >= 0.3 is 5.97 Å². The Labute approximate surface area is 128 Å². The van der Waals surface area contributed by atoms with Crippen LogP contribution in [0, 0.1) is 11.7 Å². The summed E-state index contributed by atoms with van der Waals surface area (Å²) in [6, 6.07) is 4.52. The number of carbonyl (C=O) groups is 1. The Kier molecular flexibility index (Phi) is 4.38. The fourth-order valence-corrected chi connectivity index (χ4v) is 2.97. The molecule has 1 aliphatic rings. The second kappa shape index (κ2) is 6.44. The number of benzene rings is 1. The fourth-order valence-electron chi connectivity index (χ4n) is 2.97. The Bertz CT molecular complexity index is 670. The number of carbonyl (C=O) groups excluding carboxylic acids is 1. The average Bonchev–Trinajstić information content (AvgIpc) is 2.89. The first-order valence-corrected chi connectivity index (χ1v) is 7.69. The molecule has 1 unspecified atom stereocenters. The maximum atomic E-state index is 13.2. The molecule has 1 aromatic carbocycles. The molecule has 0 bridgehead atoms. The maximum absolute atomic E-state index is 13.2. The number of H-pyrrole nitrogens is 1. The molecule has 1 fully saturated rings. The van der Waals surface area contributed by atoms with E-state index in [-0.39, 0.29) is 17.7 Å². The number of hydrogen-bond acceptors (Lipinski definition) is 4. The lowest BCUT2D eigenvalue weighted by Crippen LogP contribution is -2.39. The zero-order chi connectivity index (χ0) is 15.5. The number of esters is 1. The van der Waals surface area contributed by atoms with Gasteiger partial charge in [-0.1, -0.05) is 0 Å². The van der Waals surface area contributed by atoms with Gasteiger partial charge in [-0.05, 0) is 44.5 Å². The average molecular weight is 305 g/mol. The van der Waals surface area contributed by atoms with Crippen molar-refractivity contribution in [3.05, 3.63) is 29.8 Å². The summed E-state index contributed by atoms with van der Waals surface area (Å²) >= 11 is 0. The number of nitrogens with zero attached hydrogens (tertiary/aromatic N) is 2. The van der Waals surface area contributed by atoms with Crippen molar-refractivity contribution in [3.8, 4) is 0 Å². The quantitative estimate of drug-likeness (QED) is 0.882. The van der Waals surface area contributed by atoms with E-state index in [2.05, 4.69) is 14.9 Å². The van der Waals surface area contributed by atoms with Gasteiger partial charge < -0.3 is 9.72 Å². The first-order chi connectivity index (χ1) is 10.7. The molecular weight excluding hydrogens is 285 g/mol. The molecule has 0 amide bonds. The van der Waals surface area contributed by atoms with Crippen LogP contribution in [0.25, 0.3) is 11.0 Å². The van der Waals surface area contributed by atoms with Crippen molar-refractivity contribution in [2.24, 2.45) is 5.92 Å². The third-order valence-corrected chi connectivity index (χ3v) is 3.99. The number of halogens is 1. The predicted molar refractivity (Wildman–Crippen MR) is 80.7 cm³/mol. The minimum Gasteiger partial charge on any atom is -0.466 e. The second-order valence-electron chi connectivity index (χ2n) is 5.67. The van der Waals surface area contributed by atoms with Crippen molar-refractivity contribution in [2.75, 3.05) is 19.7 Å². The summed E-state index contributed by atoms with van der Waals surface area (Å²) in [7, 11) is 0. The van der Waals surface area contributed by atoms with Crippen LogP contribution in [0.4, 0.5) is 4.39 Å². The van der Waals surface area contributed by atoms with Gasteiger partial charge in [0.15, 0.2) is 0 Å². The Morgan fingerprint density at radius 3 is 3.23 bits per heavy atom. The number of hydrogen-bond donors (Lipinski definition) is 1. The summed E-state index contributed by atoms with van der Waals surface area (Å²) < 4.78 is 18.3. The van der Waals surface area contributed by atoms with E-state index < -0.39 is 0 Å². The molecule has 6 heteroatoms. The monoisotopic (exact) mass is 305 g/mol. The standard InChI is InChI=1S/C16H20FN3O2/c1-2-22-16(21)11-4-3-7-20(9-11)10-15-18-13-6-5-12(17)8-14(13)19-15/h5-6,8,11H,2-4,7,9-10H2,1H3,(H,18,19). The molecule has 1 aromatic heterocycles. The third kappa shape index (κ3) is 3.27. The van der Waals surface area contributed by atoms with E-state index in [1.807, 2.05) is 6.92 Å². The molecule has 22 heavy (non-hydrogen) atoms. The highest BCUT2D eigenvalue weighted by molar-refractivity contribution is 5.75. The van der Waals surface area contributed by atoms with Crippen LogP contribution in [0.5, 0.6) is 0 Å². The van der Waals surface area contributed by atoms with Gasteiger partial charge in [-0.25, -0.2) is 9.37 Å². The summed E-state index contributed by atoms with van der Waals surface area (Å²) in [5, 5.41) is 0. The molecule has 1 N–H and O–H groups in total. The van der Waals surface area contributed by atoms with Crippen LogP contribution in [-0.2, 0) is 16.1 Å². The minimum absolute atomic E-state index is 0.0597. The van der Waals surface area contributed by atoms with E-state index in [1.54, 1.807) is 6.07 Å². The van der Waals surface area contributed by atoms with Gasteiger partial charge in [-0.3, -0.25) is 9.69 Å². The summed E-state index contributed by atoms with van der Waals surface area (Å²) in [6.45, 7) is 4.49. The van der Waals surface area contributed by atoms with Gasteiger partial charge in [-0.2, -0.15) is 0 Å². The van der Waals surface area contributed by atoms with E-state index in [9.17, 15) is 9.18 Å². The van der Waals surface area contributed by atoms with Crippen LogP contribution in [-0.4, -0.2) is 40.5 Å². The van der Waals surface area contributed by atoms with Crippen molar-refractivity contribution in [3.63, 3.8) is 0 Å². The van der Waals surface area contributed by atoms with Crippen LogP contribution >= 0.6 is 0 Å². The summed E-state index contributed by atoms with van der Waals surface area (Å²) in [5.41, 5.74) is 1.46. The molecule has 0 saturated carbocycles. The Balaban J connectivity index is 1.67. The van der Waals surface area contributed by atoms with Gasteiger partial charge in [0, 0.05) is 6.54 Å². The number of ether oxygens (including phenoxy) is 1. The highest BCUT2D eigenvalue weighted by atomic mass is 19.1. The Hall–Kier alpha value is -1.95. The molecule has 1 aliphatic heterocycles. The highest BCUT2D eigenvalue weighted by Gasteiger charge is 2.27. The van der Waals surface area contributed by atoms with Crippen LogP contribution < -0.4 is 0 Å². The van der Waals surface area contributed by atoms with Crippen molar-refractivity contribution in [1.82, 2.24) is 14.9 Å². The largest absolute Gasteiger partial charge is 0.466 e. The molecule has 0 spiro atoms. The zero-order valence-corrected chi connectivity index (χ0v) is 12.6. The van der Waals surface area contributed by atoms with E-state index in [4.69, 9.17) is 4.74 Å². The maximum Gasteiger partial charge on any atom is 0.310 e. The molecule has 0 radical (unpaired) electrons. The first-order valence-electron chi connectivity index (χ1n) is 7.69. The molecule has 2 heterocycles. The second-order valence-corrected chi connectivity index (χ2v) is 5.67. The number of aromatic nitrogens is 2. The Morgan fingerprint density at radius 2 is 2.41 bits per heavy atom. The number of rotatable bonds is 4. The first kappa shape index (κ1) is 15.0. The van der Waals surface area contributed by atoms with Gasteiger partial charge in [0.25, 0.3) is 0 Å². The van der Waals surface area contributed by atoms with Crippen molar-refractivity contribution in [1.29, 1.82) is 0 Å². The summed E-state index contributed by atoms with van der Waals surface area (Å²) in [6.07, 6.45) is 1.85. The van der Waals surface area contributed by atoms with Crippen molar-refractivity contribution >= 4 is 17.0 Å². The lowest BCUT2D eigenvalue weighted by Gasteiger charge is -2.30. The van der Waals surface area contributed by atoms with Gasteiger partial charge in [0.1, 0.15) is 11.6 Å². The summed E-state index contributed by atoms with van der Waals surface area (Å²) in [5.74, 6) is 0.350. The number of nitrogens with one attached hydrogen (secondary N) is 1. The zero-order valence-electron chi connectivity index (χ0n) is 12.6. The Morgan fingerprint density at radius 1 is 1.55 bits per heavy atom. The SMILES string of the molecule is CCOC(=O)C1CCCN(Cc2nc3ccc(F)cc3[nH]2)C1. The third-order valence-electron chi connectivity index (χ3n) is 3.99. The van der Waals surface area contributed by atoms with Crippen LogP contribution in [0.3, 0.4) is 0 Å². The van der Waals surface area contributed by atoms with E-state index >= 15 is 0 Å². The normalized spacial score (nSPS) is 19.5. The molecule has 1 atom stereocenters. The van der Waals surface area contributed by atoms with Crippen molar-refractivity contribution in [2.45, 2.75) is 26.3 Å². The number of fused-ring (bicyclic) bond motifs is 1. The molecule has 3 rings (SSSR count). The van der Waals surface area contributed by atoms with E-state index in [1.165, 1.54) is 12.1 Å². The molecule has 2 aromatic rings. The molecular formula is C16H20FN3O2. The minimum atomic E-state index is -0.275. The number of imidazole rings is 1. The molecule has 118 valence electrons. The van der Waals surface area contributed by atoms with Gasteiger partial charge in [0.2, 0.25) is 0 Å².